The largest absolute Gasteiger partial charge is 0.369 e. The van der Waals surface area contributed by atoms with Crippen LogP contribution in [0.25, 0.3) is 0 Å². The van der Waals surface area contributed by atoms with E-state index in [9.17, 15) is 0 Å². The van der Waals surface area contributed by atoms with Crippen molar-refractivity contribution in [2.45, 2.75) is 4.90 Å². The first-order chi connectivity index (χ1) is 8.31. The maximum atomic E-state index is 5.78. The predicted molar refractivity (Wildman–Crippen MR) is 79.9 cm³/mol. The fourth-order valence-corrected chi connectivity index (χ4v) is 2.59. The summed E-state index contributed by atoms with van der Waals surface area (Å²) >= 11 is 13.3. The van der Waals surface area contributed by atoms with Crippen LogP contribution in [0.4, 0.5) is 5.69 Å². The lowest BCUT2D eigenvalue weighted by molar-refractivity contribution is 0.873. The third-order valence-corrected chi connectivity index (χ3v) is 3.68. The lowest BCUT2D eigenvalue weighted by atomic mass is 10.3. The highest BCUT2D eigenvalue weighted by molar-refractivity contribution is 7.99. The van der Waals surface area contributed by atoms with E-state index in [1.807, 2.05) is 0 Å². The van der Waals surface area contributed by atoms with Gasteiger partial charge >= 0.3 is 0 Å². The van der Waals surface area contributed by atoms with Crippen LogP contribution in [-0.4, -0.2) is 37.1 Å². The van der Waals surface area contributed by atoms with Crippen LogP contribution >= 0.6 is 35.0 Å². The number of benzene rings is 1. The Bertz CT molecular complexity index is 300. The molecule has 0 radical (unpaired) electrons. The predicted octanol–water partition coefficient (Wildman–Crippen LogP) is 3.02. The molecule has 0 fully saturated rings. The summed E-state index contributed by atoms with van der Waals surface area (Å²) in [5.41, 5.74) is 6.65. The third kappa shape index (κ3) is 5.38. The number of hydrogen-bond donors (Lipinski definition) is 1. The molecule has 1 aromatic rings. The fourth-order valence-electron chi connectivity index (χ4n) is 1.50. The molecule has 0 heterocycles. The molecule has 0 unspecified atom stereocenters. The summed E-state index contributed by atoms with van der Waals surface area (Å²) < 4.78 is 0. The van der Waals surface area contributed by atoms with Crippen molar-refractivity contribution in [2.75, 3.05) is 42.0 Å². The zero-order valence-corrected chi connectivity index (χ0v) is 12.1. The number of thioether (sulfide) groups is 1. The Morgan fingerprint density at radius 3 is 2.12 bits per heavy atom. The Balaban J connectivity index is 2.63. The number of nitrogens with zero attached hydrogens (tertiary/aromatic N) is 1. The second-order valence-corrected chi connectivity index (χ2v) is 5.42. The second kappa shape index (κ2) is 8.92. The topological polar surface area (TPSA) is 29.3 Å². The first kappa shape index (κ1) is 15.0. The molecular weight excluding hydrogens is 275 g/mol. The number of rotatable bonds is 8. The summed E-state index contributed by atoms with van der Waals surface area (Å²) in [5.74, 6) is 2.17. The Hall–Kier alpha value is -0.0900. The van der Waals surface area contributed by atoms with E-state index in [0.29, 0.717) is 18.3 Å². The van der Waals surface area contributed by atoms with E-state index in [1.165, 1.54) is 10.6 Å². The van der Waals surface area contributed by atoms with Crippen molar-refractivity contribution < 1.29 is 0 Å². The standard InChI is InChI=1S/C12H18Cl2N2S/c13-5-8-16(9-6-14)11-1-3-12(4-2-11)17-10-7-15/h1-4H,5-10,15H2. The van der Waals surface area contributed by atoms with Gasteiger partial charge in [0.2, 0.25) is 0 Å². The van der Waals surface area contributed by atoms with Crippen molar-refractivity contribution in [1.29, 1.82) is 0 Å². The van der Waals surface area contributed by atoms with Crippen LogP contribution in [0.3, 0.4) is 0 Å². The number of hydrogen-bond acceptors (Lipinski definition) is 3. The number of nitrogens with two attached hydrogens (primary N) is 1. The molecule has 1 aromatic carbocycles. The summed E-state index contributed by atoms with van der Waals surface area (Å²) in [5, 5.41) is 0. The van der Waals surface area contributed by atoms with Crippen molar-refractivity contribution >= 4 is 40.7 Å². The highest BCUT2D eigenvalue weighted by atomic mass is 35.5. The number of alkyl halides is 2. The molecule has 0 spiro atoms. The van der Waals surface area contributed by atoms with Gasteiger partial charge in [0, 0.05) is 47.7 Å². The fraction of sp³-hybridized carbons (Fsp3) is 0.500. The van der Waals surface area contributed by atoms with Gasteiger partial charge in [0.1, 0.15) is 0 Å². The summed E-state index contributed by atoms with van der Waals surface area (Å²) in [6.07, 6.45) is 0. The summed E-state index contributed by atoms with van der Waals surface area (Å²) in [4.78, 5) is 3.44. The Morgan fingerprint density at radius 1 is 1.06 bits per heavy atom. The SMILES string of the molecule is NCCSc1ccc(N(CCCl)CCCl)cc1. The summed E-state index contributed by atoms with van der Waals surface area (Å²) in [6, 6.07) is 8.45. The van der Waals surface area contributed by atoms with Gasteiger partial charge in [-0.05, 0) is 24.3 Å². The van der Waals surface area contributed by atoms with Crippen LogP contribution in [0, 0.1) is 0 Å². The van der Waals surface area contributed by atoms with E-state index >= 15 is 0 Å². The molecule has 0 aromatic heterocycles. The van der Waals surface area contributed by atoms with Gasteiger partial charge in [-0.2, -0.15) is 0 Å². The smallest absolute Gasteiger partial charge is 0.0399 e. The van der Waals surface area contributed by atoms with Gasteiger partial charge in [-0.3, -0.25) is 0 Å². The van der Waals surface area contributed by atoms with Gasteiger partial charge in [-0.25, -0.2) is 0 Å². The van der Waals surface area contributed by atoms with Crippen molar-refractivity contribution in [2.24, 2.45) is 5.73 Å². The zero-order chi connectivity index (χ0) is 12.5. The molecule has 0 saturated carbocycles. The van der Waals surface area contributed by atoms with Crippen molar-refractivity contribution in [3.8, 4) is 0 Å². The molecule has 1 rings (SSSR count). The van der Waals surface area contributed by atoms with E-state index in [0.717, 1.165) is 18.8 Å². The maximum Gasteiger partial charge on any atom is 0.0399 e. The van der Waals surface area contributed by atoms with Crippen LogP contribution in [0.5, 0.6) is 0 Å². The Kier molecular flexibility index (Phi) is 7.86. The van der Waals surface area contributed by atoms with Crippen LogP contribution in [-0.2, 0) is 0 Å². The maximum absolute atomic E-state index is 5.78. The van der Waals surface area contributed by atoms with Crippen LogP contribution < -0.4 is 10.6 Å². The van der Waals surface area contributed by atoms with Gasteiger partial charge in [0.05, 0.1) is 0 Å². The first-order valence-corrected chi connectivity index (χ1v) is 7.67. The molecule has 0 aliphatic heterocycles. The van der Waals surface area contributed by atoms with Crippen molar-refractivity contribution in [3.63, 3.8) is 0 Å². The Morgan fingerprint density at radius 2 is 1.65 bits per heavy atom. The molecule has 5 heteroatoms. The molecule has 0 amide bonds. The quantitative estimate of drug-likeness (QED) is 0.590. The van der Waals surface area contributed by atoms with E-state index in [-0.39, 0.29) is 0 Å². The number of anilines is 1. The van der Waals surface area contributed by atoms with Gasteiger partial charge in [-0.1, -0.05) is 0 Å². The summed E-state index contributed by atoms with van der Waals surface area (Å²) in [6.45, 7) is 2.35. The van der Waals surface area contributed by atoms with Crippen LogP contribution in [0.1, 0.15) is 0 Å². The molecule has 0 aliphatic carbocycles. The average molecular weight is 293 g/mol. The highest BCUT2D eigenvalue weighted by Crippen LogP contribution is 2.22. The van der Waals surface area contributed by atoms with Crippen molar-refractivity contribution in [1.82, 2.24) is 0 Å². The molecule has 0 bridgehead atoms. The van der Waals surface area contributed by atoms with Gasteiger partial charge in [-0.15, -0.1) is 35.0 Å². The van der Waals surface area contributed by atoms with Crippen LogP contribution in [0.15, 0.2) is 29.2 Å². The second-order valence-electron chi connectivity index (χ2n) is 3.50. The lowest BCUT2D eigenvalue weighted by Gasteiger charge is -2.22. The molecular formula is C12H18Cl2N2S. The minimum atomic E-state index is 0.612. The third-order valence-electron chi connectivity index (χ3n) is 2.30. The summed E-state index contributed by atoms with van der Waals surface area (Å²) in [7, 11) is 0. The number of halogens is 2. The normalized spacial score (nSPS) is 10.5. The van der Waals surface area contributed by atoms with E-state index < -0.39 is 0 Å². The van der Waals surface area contributed by atoms with Crippen LogP contribution in [0.2, 0.25) is 0 Å². The van der Waals surface area contributed by atoms with Gasteiger partial charge in [0.15, 0.2) is 0 Å². The molecule has 96 valence electrons. The molecule has 0 aliphatic rings. The zero-order valence-electron chi connectivity index (χ0n) is 9.74. The molecule has 2 nitrogen and oxygen atoms in total. The molecule has 2 N–H and O–H groups in total. The van der Waals surface area contributed by atoms with E-state index in [1.54, 1.807) is 11.8 Å². The molecule has 0 atom stereocenters. The van der Waals surface area contributed by atoms with Gasteiger partial charge in [0.25, 0.3) is 0 Å². The average Bonchev–Trinajstić information content (AvgIpc) is 2.37. The minimum Gasteiger partial charge on any atom is -0.369 e. The monoisotopic (exact) mass is 292 g/mol. The lowest BCUT2D eigenvalue weighted by Crippen LogP contribution is -2.27. The van der Waals surface area contributed by atoms with Gasteiger partial charge < -0.3 is 10.6 Å². The van der Waals surface area contributed by atoms with Crippen molar-refractivity contribution in [3.05, 3.63) is 24.3 Å². The first-order valence-electron chi connectivity index (χ1n) is 5.61. The Labute approximate surface area is 117 Å². The minimum absolute atomic E-state index is 0.612. The highest BCUT2D eigenvalue weighted by Gasteiger charge is 2.04. The molecule has 0 saturated heterocycles. The molecule has 17 heavy (non-hydrogen) atoms. The van der Waals surface area contributed by atoms with E-state index in [4.69, 9.17) is 28.9 Å². The van der Waals surface area contributed by atoms with E-state index in [2.05, 4.69) is 29.2 Å².